The molecule has 0 fully saturated rings. The van der Waals surface area contributed by atoms with Crippen molar-refractivity contribution in [1.82, 2.24) is 0 Å². The van der Waals surface area contributed by atoms with Gasteiger partial charge in [-0.2, -0.15) is 0 Å². The quantitative estimate of drug-likeness (QED) is 0.350. The first-order valence-corrected chi connectivity index (χ1v) is 4.08. The fraction of sp³-hybridized carbons (Fsp3) is 0.500. The second-order valence-electron chi connectivity index (χ2n) is 2.47. The van der Waals surface area contributed by atoms with Crippen LogP contribution in [0.1, 0.15) is 13.8 Å². The Kier molecular flexibility index (Phi) is 6.25. The zero-order valence-corrected chi connectivity index (χ0v) is 8.68. The second-order valence-corrected chi connectivity index (χ2v) is 2.47. The Labute approximate surface area is 90.3 Å². The van der Waals surface area contributed by atoms with Gasteiger partial charge in [0.25, 0.3) is 0 Å². The predicted molar refractivity (Wildman–Crippen MR) is 45.5 cm³/mol. The van der Waals surface area contributed by atoms with E-state index < -0.39 is 37.1 Å². The van der Waals surface area contributed by atoms with Crippen molar-refractivity contribution in [3.8, 4) is 0 Å². The van der Waals surface area contributed by atoms with Crippen molar-refractivity contribution in [2.75, 3.05) is 13.2 Å². The van der Waals surface area contributed by atoms with Crippen LogP contribution >= 0.6 is 0 Å². The minimum atomic E-state index is -1.06. The zero-order valence-electron chi connectivity index (χ0n) is 8.68. The van der Waals surface area contributed by atoms with Crippen LogP contribution in [-0.4, -0.2) is 37.1 Å². The number of hydrogen-bond acceptors (Lipinski definition) is 8. The number of rotatable bonds is 4. The van der Waals surface area contributed by atoms with Crippen molar-refractivity contribution >= 4 is 23.9 Å². The molecule has 0 amide bonds. The van der Waals surface area contributed by atoms with Crippen molar-refractivity contribution in [2.45, 2.75) is 13.8 Å². The van der Waals surface area contributed by atoms with Crippen LogP contribution in [0.15, 0.2) is 0 Å². The van der Waals surface area contributed by atoms with Crippen LogP contribution in [0.2, 0.25) is 0 Å². The van der Waals surface area contributed by atoms with Gasteiger partial charge >= 0.3 is 23.9 Å². The van der Waals surface area contributed by atoms with Gasteiger partial charge in [-0.3, -0.25) is 9.59 Å². The minimum Gasteiger partial charge on any atom is -0.454 e. The molecule has 0 bridgehead atoms. The first kappa shape index (κ1) is 13.9. The molecule has 0 spiro atoms. The van der Waals surface area contributed by atoms with E-state index >= 15 is 0 Å². The maximum absolute atomic E-state index is 10.7. The third-order valence-corrected chi connectivity index (χ3v) is 1.01. The van der Waals surface area contributed by atoms with Gasteiger partial charge in [-0.1, -0.05) is 0 Å². The first-order valence-electron chi connectivity index (χ1n) is 4.08. The highest BCUT2D eigenvalue weighted by Crippen LogP contribution is 1.87. The van der Waals surface area contributed by atoms with Crippen LogP contribution < -0.4 is 0 Å². The molecular weight excluding hydrogens is 224 g/mol. The first-order chi connectivity index (χ1) is 7.41. The average molecular weight is 234 g/mol. The molecule has 8 heteroatoms. The van der Waals surface area contributed by atoms with Gasteiger partial charge in [0.1, 0.15) is 0 Å². The molecule has 0 unspecified atom stereocenters. The topological polar surface area (TPSA) is 105 Å². The smallest absolute Gasteiger partial charge is 0.392 e. The molecule has 16 heavy (non-hydrogen) atoms. The number of carbonyl (C=O) groups excluding carboxylic acids is 4. The van der Waals surface area contributed by atoms with E-state index in [4.69, 9.17) is 0 Å². The molecule has 0 heterocycles. The fourth-order valence-electron chi connectivity index (χ4n) is 0.462. The molecule has 0 aliphatic heterocycles. The largest absolute Gasteiger partial charge is 0.454 e. The SMILES string of the molecule is CC(=O)OCC(=O)OOC(=O)COC(C)=O. The Morgan fingerprint density at radius 2 is 1.06 bits per heavy atom. The highest BCUT2D eigenvalue weighted by Gasteiger charge is 2.12. The summed E-state index contributed by atoms with van der Waals surface area (Å²) >= 11 is 0. The van der Waals surface area contributed by atoms with Gasteiger partial charge in [-0.25, -0.2) is 19.4 Å². The molecule has 0 aromatic carbocycles. The molecule has 0 saturated heterocycles. The lowest BCUT2D eigenvalue weighted by Gasteiger charge is -2.03. The van der Waals surface area contributed by atoms with Gasteiger partial charge in [0.2, 0.25) is 0 Å². The Bertz CT molecular complexity index is 264. The lowest BCUT2D eigenvalue weighted by atomic mass is 10.7. The molecule has 0 N–H and O–H groups in total. The summed E-state index contributed by atoms with van der Waals surface area (Å²) in [6, 6.07) is 0. The number of esters is 2. The maximum Gasteiger partial charge on any atom is 0.392 e. The van der Waals surface area contributed by atoms with Crippen molar-refractivity contribution in [3.63, 3.8) is 0 Å². The number of ether oxygens (including phenoxy) is 2. The molecule has 0 radical (unpaired) electrons. The second kappa shape index (κ2) is 7.21. The Balaban J connectivity index is 3.63. The summed E-state index contributed by atoms with van der Waals surface area (Å²) in [5, 5.41) is 0. The summed E-state index contributed by atoms with van der Waals surface area (Å²) in [7, 11) is 0. The Morgan fingerprint density at radius 3 is 1.31 bits per heavy atom. The summed E-state index contributed by atoms with van der Waals surface area (Å²) in [6.45, 7) is 0.854. The molecule has 0 aromatic rings. The van der Waals surface area contributed by atoms with Crippen molar-refractivity contribution < 1.29 is 38.4 Å². The standard InChI is InChI=1S/C8H10O8/c1-5(9)13-3-7(11)15-16-8(12)4-14-6(2)10/h3-4H2,1-2H3. The summed E-state index contributed by atoms with van der Waals surface area (Å²) in [5.41, 5.74) is 0. The lowest BCUT2D eigenvalue weighted by Crippen LogP contribution is -2.20. The highest BCUT2D eigenvalue weighted by molar-refractivity contribution is 5.77. The van der Waals surface area contributed by atoms with Crippen molar-refractivity contribution in [2.24, 2.45) is 0 Å². The number of hydrogen-bond donors (Lipinski definition) is 0. The highest BCUT2D eigenvalue weighted by atomic mass is 17.2. The Morgan fingerprint density at radius 1 is 0.750 bits per heavy atom. The van der Waals surface area contributed by atoms with E-state index in [1.54, 1.807) is 0 Å². The van der Waals surface area contributed by atoms with E-state index in [-0.39, 0.29) is 0 Å². The Hall–Kier alpha value is -2.12. The third-order valence-electron chi connectivity index (χ3n) is 1.01. The summed E-state index contributed by atoms with van der Waals surface area (Å²) in [6.07, 6.45) is 0. The van der Waals surface area contributed by atoms with Crippen LogP contribution in [0.5, 0.6) is 0 Å². The van der Waals surface area contributed by atoms with Crippen LogP contribution in [0.25, 0.3) is 0 Å². The van der Waals surface area contributed by atoms with Crippen LogP contribution in [0, 0.1) is 0 Å². The maximum atomic E-state index is 10.7. The van der Waals surface area contributed by atoms with Gasteiger partial charge in [0.15, 0.2) is 13.2 Å². The molecule has 0 aromatic heterocycles. The molecule has 0 rings (SSSR count). The van der Waals surface area contributed by atoms with Crippen molar-refractivity contribution in [1.29, 1.82) is 0 Å². The van der Waals surface area contributed by atoms with Crippen LogP contribution in [0.4, 0.5) is 0 Å². The summed E-state index contributed by atoms with van der Waals surface area (Å²) in [5.74, 6) is -3.48. The van der Waals surface area contributed by atoms with Crippen LogP contribution in [-0.2, 0) is 38.4 Å². The van der Waals surface area contributed by atoms with E-state index in [9.17, 15) is 19.2 Å². The molecule has 0 aliphatic carbocycles. The zero-order chi connectivity index (χ0) is 12.6. The van der Waals surface area contributed by atoms with E-state index in [0.717, 1.165) is 13.8 Å². The van der Waals surface area contributed by atoms with Crippen molar-refractivity contribution in [3.05, 3.63) is 0 Å². The van der Waals surface area contributed by atoms with E-state index in [2.05, 4.69) is 19.2 Å². The molecule has 90 valence electrons. The van der Waals surface area contributed by atoms with E-state index in [1.165, 1.54) is 0 Å². The van der Waals surface area contributed by atoms with Gasteiger partial charge in [-0.05, 0) is 0 Å². The fourth-order valence-corrected chi connectivity index (χ4v) is 0.462. The minimum absolute atomic E-state index is 0.670. The monoisotopic (exact) mass is 234 g/mol. The lowest BCUT2D eigenvalue weighted by molar-refractivity contribution is -0.263. The van der Waals surface area contributed by atoms with Gasteiger partial charge < -0.3 is 9.47 Å². The molecule has 8 nitrogen and oxygen atoms in total. The van der Waals surface area contributed by atoms with Gasteiger partial charge in [-0.15, -0.1) is 0 Å². The van der Waals surface area contributed by atoms with E-state index in [1.807, 2.05) is 0 Å². The molecular formula is C8H10O8. The molecule has 0 atom stereocenters. The summed E-state index contributed by atoms with van der Waals surface area (Å²) < 4.78 is 8.49. The third kappa shape index (κ3) is 8.48. The van der Waals surface area contributed by atoms with Gasteiger partial charge in [0.05, 0.1) is 0 Å². The van der Waals surface area contributed by atoms with Crippen LogP contribution in [0.3, 0.4) is 0 Å². The average Bonchev–Trinajstić information content (AvgIpc) is 2.20. The van der Waals surface area contributed by atoms with Gasteiger partial charge in [0, 0.05) is 13.8 Å². The van der Waals surface area contributed by atoms with E-state index in [0.29, 0.717) is 0 Å². The summed E-state index contributed by atoms with van der Waals surface area (Å²) in [4.78, 5) is 49.8. The normalized spacial score (nSPS) is 8.88. The molecule has 0 saturated carbocycles. The predicted octanol–water partition coefficient (Wildman–Crippen LogP) is -0.886. The number of carbonyl (C=O) groups is 4. The molecule has 0 aliphatic rings.